The second-order valence-corrected chi connectivity index (χ2v) is 29.8. The summed E-state index contributed by atoms with van der Waals surface area (Å²) in [7, 11) is 0. The molecule has 0 aliphatic carbocycles. The maximum atomic E-state index is 12.2. The van der Waals surface area contributed by atoms with E-state index < -0.39 is 36.2 Å². The summed E-state index contributed by atoms with van der Waals surface area (Å²) in [5, 5.41) is 14.3. The number of rotatable bonds is 38. The zero-order valence-electron chi connectivity index (χ0n) is 66.3. The molecule has 6 unspecified atom stereocenters. The van der Waals surface area contributed by atoms with E-state index in [2.05, 4.69) is 33.5 Å². The number of benzene rings is 5. The summed E-state index contributed by atoms with van der Waals surface area (Å²) in [6, 6.07) is 42.0. The van der Waals surface area contributed by atoms with Crippen molar-refractivity contribution >= 4 is 82.7 Å². The fourth-order valence-electron chi connectivity index (χ4n) is 9.16. The largest absolute Gasteiger partial charge is 0.464 e. The van der Waals surface area contributed by atoms with Crippen LogP contribution in [0.2, 0.25) is 5.02 Å². The molecular formula is C85H122ClN5O15S. The highest BCUT2D eigenvalue weighted by Crippen LogP contribution is 2.14. The number of allylic oxidation sites excluding steroid dienone is 1. The van der Waals surface area contributed by atoms with Crippen LogP contribution in [0.25, 0.3) is 0 Å². The van der Waals surface area contributed by atoms with E-state index in [0.717, 1.165) is 45.6 Å². The standard InChI is InChI=1S/2C18H27NO3.C17H25NO3S.C16H20ClNO3.C16H23NO3/c1-13(2)10-16(18(21)22-12-14(3)4)19-17(20)11-15-8-6-5-7-9-15;1-5-14(4)12-22-18(21)17(13(2)3)19-16(20)11-15-9-7-6-8-10-15;1-13(2)12-21-17(20)15(9-10-22-3)18-16(19)11-14-7-5-4-6-8-14;1-11(2)7-8-21-16(20)12(3)18-15(19)10-13-5-4-6-14(17)9-13;1-4-14(16(19)20-11-12(2)3)17-15(18)10-13-8-6-5-7-9-13/h5-9,13-14,16H,10-12H2,1-4H3,(H,19,20);6-10,13-14,17H,5,11-12H2,1-4H3,(H,19,20);4-8,13,15H,9-12H2,1-3H3,(H,18,19);4-7,9,12H,8,10H2,1-3H3,(H,18,19);5-9,12,14H,4,10-11H2,1-3H3,(H,17,18). The third-order valence-electron chi connectivity index (χ3n) is 15.2. The van der Waals surface area contributed by atoms with E-state index in [1.54, 1.807) is 43.0 Å². The van der Waals surface area contributed by atoms with Crippen LogP contribution in [-0.2, 0) is 104 Å². The van der Waals surface area contributed by atoms with Crippen LogP contribution in [0.5, 0.6) is 0 Å². The molecule has 5 aromatic rings. The second-order valence-electron chi connectivity index (χ2n) is 28.3. The lowest BCUT2D eigenvalue weighted by molar-refractivity contribution is -0.150. The van der Waals surface area contributed by atoms with Gasteiger partial charge in [0.05, 0.1) is 58.5 Å². The lowest BCUT2D eigenvalue weighted by atomic mass is 10.0. The Morgan fingerprint density at radius 2 is 0.766 bits per heavy atom. The number of ether oxygens (including phenoxy) is 5. The molecule has 0 saturated carbocycles. The van der Waals surface area contributed by atoms with Crippen LogP contribution >= 0.6 is 23.4 Å². The van der Waals surface area contributed by atoms with Crippen molar-refractivity contribution in [1.29, 1.82) is 0 Å². The van der Waals surface area contributed by atoms with Crippen LogP contribution in [0.1, 0.15) is 164 Å². The van der Waals surface area contributed by atoms with Gasteiger partial charge in [-0.05, 0) is 134 Å². The highest BCUT2D eigenvalue weighted by Gasteiger charge is 2.28. The minimum Gasteiger partial charge on any atom is -0.464 e. The molecule has 5 amide bonds. The number of hydrogen-bond acceptors (Lipinski definition) is 16. The molecule has 0 fully saturated rings. The molecule has 107 heavy (non-hydrogen) atoms. The van der Waals surface area contributed by atoms with Crippen LogP contribution in [0.3, 0.4) is 0 Å². The Balaban J connectivity index is 0.000000669. The molecule has 0 bridgehead atoms. The van der Waals surface area contributed by atoms with Crippen molar-refractivity contribution in [1.82, 2.24) is 26.6 Å². The SMILES string of the molecule is CC(C)=CCOC(=O)C(C)NC(=O)Cc1cccc(Cl)c1.CC(C)COC(=O)C(CC(C)C)NC(=O)Cc1ccccc1.CCC(C)COC(=O)C(NC(=O)Cc1ccccc1)C(C)C.CCC(NC(=O)Cc1ccccc1)C(=O)OCC(C)C.CSCCC(NC(=O)Cc1ccccc1)C(=O)OCC(C)C. The minimum absolute atomic E-state index is 0.0100. The molecule has 6 atom stereocenters. The van der Waals surface area contributed by atoms with Crippen molar-refractivity contribution in [2.24, 2.45) is 35.5 Å². The van der Waals surface area contributed by atoms with Crippen molar-refractivity contribution in [3.8, 4) is 0 Å². The van der Waals surface area contributed by atoms with Crippen molar-refractivity contribution in [3.05, 3.63) is 190 Å². The van der Waals surface area contributed by atoms with Crippen molar-refractivity contribution < 1.29 is 71.6 Å². The molecule has 0 aliphatic heterocycles. The van der Waals surface area contributed by atoms with Gasteiger partial charge in [0.1, 0.15) is 36.8 Å². The summed E-state index contributed by atoms with van der Waals surface area (Å²) in [5.41, 5.74) is 5.58. The van der Waals surface area contributed by atoms with E-state index in [9.17, 15) is 47.9 Å². The van der Waals surface area contributed by atoms with E-state index >= 15 is 0 Å². The quantitative estimate of drug-likeness (QED) is 0.0140. The van der Waals surface area contributed by atoms with Crippen LogP contribution in [0, 0.1) is 35.5 Å². The summed E-state index contributed by atoms with van der Waals surface area (Å²) in [4.78, 5) is 120. The summed E-state index contributed by atoms with van der Waals surface area (Å²) in [6.45, 7) is 32.9. The average molecular weight is 1520 g/mol. The maximum Gasteiger partial charge on any atom is 0.328 e. The van der Waals surface area contributed by atoms with Gasteiger partial charge in [0, 0.05) is 5.02 Å². The van der Waals surface area contributed by atoms with Gasteiger partial charge in [-0.3, -0.25) is 24.0 Å². The molecule has 0 radical (unpaired) electrons. The molecule has 0 saturated heterocycles. The molecule has 590 valence electrons. The Morgan fingerprint density at radius 3 is 1.14 bits per heavy atom. The monoisotopic (exact) mass is 1520 g/mol. The first-order valence-electron chi connectivity index (χ1n) is 37.1. The zero-order valence-corrected chi connectivity index (χ0v) is 67.9. The summed E-state index contributed by atoms with van der Waals surface area (Å²) >= 11 is 7.50. The Kier molecular flexibility index (Phi) is 50.8. The van der Waals surface area contributed by atoms with Crippen molar-refractivity contribution in [2.75, 3.05) is 45.0 Å². The maximum absolute atomic E-state index is 12.2. The topological polar surface area (TPSA) is 277 Å². The molecule has 0 spiro atoms. The number of hydrogen-bond donors (Lipinski definition) is 5. The molecule has 5 aromatic carbocycles. The highest BCUT2D eigenvalue weighted by atomic mass is 35.5. The predicted octanol–water partition coefficient (Wildman–Crippen LogP) is 13.8. The first-order valence-corrected chi connectivity index (χ1v) is 38.8. The predicted molar refractivity (Wildman–Crippen MR) is 427 cm³/mol. The van der Waals surface area contributed by atoms with Gasteiger partial charge < -0.3 is 50.3 Å². The van der Waals surface area contributed by atoms with Gasteiger partial charge in [-0.15, -0.1) is 0 Å². The van der Waals surface area contributed by atoms with Crippen LogP contribution in [0.4, 0.5) is 0 Å². The number of thioether (sulfide) groups is 1. The number of carbonyl (C=O) groups is 10. The summed E-state index contributed by atoms with van der Waals surface area (Å²) < 4.78 is 26.0. The average Bonchev–Trinajstić information content (AvgIpc) is 0.914. The third kappa shape index (κ3) is 48.2. The Hall–Kier alpha value is -8.82. The molecule has 20 nitrogen and oxygen atoms in total. The summed E-state index contributed by atoms with van der Waals surface area (Å²) in [5.74, 6) is -0.456. The lowest BCUT2D eigenvalue weighted by Gasteiger charge is -2.21. The molecule has 0 heterocycles. The van der Waals surface area contributed by atoms with E-state index in [0.29, 0.717) is 62.5 Å². The van der Waals surface area contributed by atoms with Gasteiger partial charge >= 0.3 is 29.8 Å². The zero-order chi connectivity index (χ0) is 80.2. The smallest absolute Gasteiger partial charge is 0.328 e. The fraction of sp³-hybridized carbons (Fsp3) is 0.506. The van der Waals surface area contributed by atoms with E-state index in [1.807, 2.05) is 231 Å². The third-order valence-corrected chi connectivity index (χ3v) is 16.1. The minimum atomic E-state index is -0.678. The van der Waals surface area contributed by atoms with Gasteiger partial charge in [-0.1, -0.05) is 247 Å². The van der Waals surface area contributed by atoms with Crippen LogP contribution in [-0.4, -0.2) is 135 Å². The van der Waals surface area contributed by atoms with Crippen LogP contribution < -0.4 is 26.6 Å². The normalized spacial score (nSPS) is 12.3. The summed E-state index contributed by atoms with van der Waals surface area (Å²) in [6.07, 6.45) is 7.68. The first kappa shape index (κ1) is 96.2. The van der Waals surface area contributed by atoms with Gasteiger partial charge in [0.2, 0.25) is 29.5 Å². The molecule has 5 N–H and O–H groups in total. The van der Waals surface area contributed by atoms with Gasteiger partial charge in [0.15, 0.2) is 0 Å². The Labute approximate surface area is 646 Å². The molecule has 0 aromatic heterocycles. The van der Waals surface area contributed by atoms with Crippen LogP contribution in [0.15, 0.2) is 157 Å². The number of carbonyl (C=O) groups excluding carboxylic acids is 10. The fourth-order valence-corrected chi connectivity index (χ4v) is 9.84. The second kappa shape index (κ2) is 56.5. The number of nitrogens with one attached hydrogen (secondary N) is 5. The number of halogens is 1. The van der Waals surface area contributed by atoms with Crippen molar-refractivity contribution in [3.63, 3.8) is 0 Å². The van der Waals surface area contributed by atoms with E-state index in [4.69, 9.17) is 35.3 Å². The lowest BCUT2D eigenvalue weighted by Crippen LogP contribution is -2.46. The number of esters is 5. The molecule has 0 aliphatic rings. The molecule has 5 rings (SSSR count). The Bertz CT molecular complexity index is 3410. The van der Waals surface area contributed by atoms with E-state index in [1.165, 1.54) is 0 Å². The van der Waals surface area contributed by atoms with Gasteiger partial charge in [-0.2, -0.15) is 11.8 Å². The van der Waals surface area contributed by atoms with Gasteiger partial charge in [-0.25, -0.2) is 24.0 Å². The number of amides is 5. The molecule has 22 heteroatoms. The van der Waals surface area contributed by atoms with Crippen molar-refractivity contribution in [2.45, 2.75) is 199 Å². The molecular weight excluding hydrogens is 1400 g/mol. The first-order chi connectivity index (χ1) is 50.7. The van der Waals surface area contributed by atoms with E-state index in [-0.39, 0.29) is 116 Å². The highest BCUT2D eigenvalue weighted by molar-refractivity contribution is 7.98. The Morgan fingerprint density at radius 1 is 0.402 bits per heavy atom. The van der Waals surface area contributed by atoms with Gasteiger partial charge in [0.25, 0.3) is 0 Å².